The van der Waals surface area contributed by atoms with Crippen LogP contribution in [-0.4, -0.2) is 40.8 Å². The van der Waals surface area contributed by atoms with Crippen LogP contribution in [0.4, 0.5) is 5.69 Å². The first-order valence-corrected chi connectivity index (χ1v) is 12.7. The summed E-state index contributed by atoms with van der Waals surface area (Å²) >= 11 is 0. The van der Waals surface area contributed by atoms with Gasteiger partial charge in [0.15, 0.2) is 0 Å². The van der Waals surface area contributed by atoms with E-state index >= 15 is 0 Å². The first kappa shape index (κ1) is 22.7. The molecule has 3 amide bonds. The van der Waals surface area contributed by atoms with E-state index in [1.165, 1.54) is 4.90 Å². The Labute approximate surface area is 219 Å². The van der Waals surface area contributed by atoms with E-state index in [0.29, 0.717) is 23.4 Å². The van der Waals surface area contributed by atoms with E-state index < -0.39 is 23.4 Å². The summed E-state index contributed by atoms with van der Waals surface area (Å²) in [4.78, 5) is 46.3. The molecule has 0 radical (unpaired) electrons. The number of hydrogen-bond acceptors (Lipinski definition) is 5. The number of carbonyl (C=O) groups is 3. The van der Waals surface area contributed by atoms with Crippen molar-refractivity contribution in [3.8, 4) is 5.75 Å². The van der Waals surface area contributed by atoms with Crippen LogP contribution < -0.4 is 15.4 Å². The SMILES string of the molecule is COc1ccc(CN2C(=O)[C@@H]3[C@H](Cc4c[nH]c5ccccc45)N[C@@]4(C(=O)Nc5ccccc54)[C@@H]3C2=O)cc1. The number of anilines is 1. The summed E-state index contributed by atoms with van der Waals surface area (Å²) in [7, 11) is 1.59. The quantitative estimate of drug-likeness (QED) is 0.360. The second kappa shape index (κ2) is 8.29. The van der Waals surface area contributed by atoms with Gasteiger partial charge in [0.2, 0.25) is 17.7 Å². The molecule has 2 saturated heterocycles. The van der Waals surface area contributed by atoms with Gasteiger partial charge in [-0.15, -0.1) is 0 Å². The van der Waals surface area contributed by atoms with E-state index in [1.54, 1.807) is 7.11 Å². The highest BCUT2D eigenvalue weighted by Gasteiger charge is 2.70. The molecule has 190 valence electrons. The fourth-order valence-corrected chi connectivity index (χ4v) is 6.60. The van der Waals surface area contributed by atoms with Gasteiger partial charge in [0, 0.05) is 34.4 Å². The van der Waals surface area contributed by atoms with Crippen LogP contribution in [0, 0.1) is 11.8 Å². The number of carbonyl (C=O) groups excluding carboxylic acids is 3. The van der Waals surface area contributed by atoms with Gasteiger partial charge in [-0.05, 0) is 41.8 Å². The third-order valence-electron chi connectivity index (χ3n) is 8.33. The Balaban J connectivity index is 1.31. The number of hydrogen-bond donors (Lipinski definition) is 3. The number of likely N-dealkylation sites (tertiary alicyclic amines) is 1. The Morgan fingerprint density at radius 2 is 1.68 bits per heavy atom. The van der Waals surface area contributed by atoms with Gasteiger partial charge in [0.25, 0.3) is 0 Å². The molecule has 1 spiro atoms. The standard InChI is InChI=1S/C30H26N4O4/c1-38-19-12-10-17(11-13-19)16-34-27(35)25-24(14-18-15-31-22-8-4-2-6-20(18)22)33-30(26(25)28(34)36)21-7-3-5-9-23(21)32-29(30)37/h2-13,15,24-26,31,33H,14,16H2,1H3,(H,32,37)/t24-,25+,26-,30+/m0/s1. The molecule has 7 rings (SSSR count). The summed E-state index contributed by atoms with van der Waals surface area (Å²) in [6.07, 6.45) is 2.45. The summed E-state index contributed by atoms with van der Waals surface area (Å²) in [6.45, 7) is 0.147. The zero-order chi connectivity index (χ0) is 26.0. The molecule has 4 heterocycles. The minimum Gasteiger partial charge on any atom is -0.497 e. The first-order valence-electron chi connectivity index (χ1n) is 12.7. The number of methoxy groups -OCH3 is 1. The maximum Gasteiger partial charge on any atom is 0.250 e. The zero-order valence-corrected chi connectivity index (χ0v) is 20.7. The largest absolute Gasteiger partial charge is 0.497 e. The molecular formula is C30H26N4O4. The van der Waals surface area contributed by atoms with Crippen molar-refractivity contribution in [2.75, 3.05) is 12.4 Å². The lowest BCUT2D eigenvalue weighted by molar-refractivity contribution is -0.143. The highest BCUT2D eigenvalue weighted by Crippen LogP contribution is 2.53. The molecule has 3 aromatic carbocycles. The Kier molecular flexibility index (Phi) is 4.96. The van der Waals surface area contributed by atoms with Gasteiger partial charge in [0.05, 0.1) is 25.5 Å². The molecule has 2 fully saturated rings. The van der Waals surface area contributed by atoms with Gasteiger partial charge < -0.3 is 15.0 Å². The molecule has 4 aromatic rings. The molecule has 0 saturated carbocycles. The van der Waals surface area contributed by atoms with E-state index in [-0.39, 0.29) is 24.3 Å². The molecule has 38 heavy (non-hydrogen) atoms. The van der Waals surface area contributed by atoms with Gasteiger partial charge in [-0.2, -0.15) is 0 Å². The molecule has 0 bridgehead atoms. The van der Waals surface area contributed by atoms with E-state index in [0.717, 1.165) is 22.0 Å². The molecule has 3 aliphatic heterocycles. The molecule has 0 unspecified atom stereocenters. The van der Waals surface area contributed by atoms with E-state index in [1.807, 2.05) is 79.0 Å². The number of amides is 3. The van der Waals surface area contributed by atoms with Crippen molar-refractivity contribution in [1.29, 1.82) is 0 Å². The highest BCUT2D eigenvalue weighted by atomic mass is 16.5. The van der Waals surface area contributed by atoms with Crippen molar-refractivity contribution in [1.82, 2.24) is 15.2 Å². The van der Waals surface area contributed by atoms with Crippen LogP contribution in [0.25, 0.3) is 10.9 Å². The second-order valence-corrected chi connectivity index (χ2v) is 10.2. The van der Waals surface area contributed by atoms with Crippen LogP contribution in [0.15, 0.2) is 79.0 Å². The number of aromatic nitrogens is 1. The van der Waals surface area contributed by atoms with Gasteiger partial charge in [-0.1, -0.05) is 48.5 Å². The highest BCUT2D eigenvalue weighted by molar-refractivity contribution is 6.15. The summed E-state index contributed by atoms with van der Waals surface area (Å²) in [6, 6.07) is 22.3. The van der Waals surface area contributed by atoms with Crippen molar-refractivity contribution >= 4 is 34.3 Å². The number of nitrogens with one attached hydrogen (secondary N) is 3. The molecule has 0 aliphatic carbocycles. The minimum atomic E-state index is -1.31. The molecule has 8 heteroatoms. The molecule has 4 atom stereocenters. The lowest BCUT2D eigenvalue weighted by atomic mass is 9.76. The average molecular weight is 507 g/mol. The normalized spacial score (nSPS) is 25.8. The van der Waals surface area contributed by atoms with E-state index in [9.17, 15) is 14.4 Å². The number of aromatic amines is 1. The van der Waals surface area contributed by atoms with Crippen LogP contribution >= 0.6 is 0 Å². The predicted octanol–water partition coefficient (Wildman–Crippen LogP) is 3.34. The Bertz CT molecular complexity index is 1610. The van der Waals surface area contributed by atoms with Crippen molar-refractivity contribution < 1.29 is 19.1 Å². The average Bonchev–Trinajstić information content (AvgIpc) is 3.65. The lowest BCUT2D eigenvalue weighted by Crippen LogP contribution is -2.53. The minimum absolute atomic E-state index is 0.147. The third kappa shape index (κ3) is 3.10. The predicted molar refractivity (Wildman–Crippen MR) is 141 cm³/mol. The third-order valence-corrected chi connectivity index (χ3v) is 8.33. The maximum absolute atomic E-state index is 14.1. The van der Waals surface area contributed by atoms with Crippen LogP contribution in [0.3, 0.4) is 0 Å². The number of H-pyrrole nitrogens is 1. The first-order chi connectivity index (χ1) is 18.5. The molecule has 8 nitrogen and oxygen atoms in total. The number of rotatable bonds is 5. The summed E-state index contributed by atoms with van der Waals surface area (Å²) < 4.78 is 5.24. The topological polar surface area (TPSA) is 104 Å². The molecule has 1 aromatic heterocycles. The van der Waals surface area contributed by atoms with E-state index in [4.69, 9.17) is 4.74 Å². The Hall–Kier alpha value is -4.43. The number of ether oxygens (including phenoxy) is 1. The second-order valence-electron chi connectivity index (χ2n) is 10.2. The van der Waals surface area contributed by atoms with Crippen molar-refractivity contribution in [2.45, 2.75) is 24.5 Å². The molecule has 3 aliphatic rings. The van der Waals surface area contributed by atoms with Gasteiger partial charge in [-0.3, -0.25) is 24.6 Å². The summed E-state index contributed by atoms with van der Waals surface area (Å²) in [5.41, 5.74) is 2.94. The fourth-order valence-electron chi connectivity index (χ4n) is 6.60. The number of imide groups is 1. The van der Waals surface area contributed by atoms with Gasteiger partial charge >= 0.3 is 0 Å². The Morgan fingerprint density at radius 3 is 2.50 bits per heavy atom. The molecular weight excluding hydrogens is 480 g/mol. The van der Waals surface area contributed by atoms with Crippen molar-refractivity contribution in [3.05, 3.63) is 95.7 Å². The Morgan fingerprint density at radius 1 is 0.921 bits per heavy atom. The number of fused-ring (bicyclic) bond motifs is 5. The van der Waals surface area contributed by atoms with Crippen molar-refractivity contribution in [3.63, 3.8) is 0 Å². The monoisotopic (exact) mass is 506 g/mol. The van der Waals surface area contributed by atoms with E-state index in [2.05, 4.69) is 15.6 Å². The van der Waals surface area contributed by atoms with Crippen LogP contribution in [-0.2, 0) is 32.9 Å². The molecule has 3 N–H and O–H groups in total. The fraction of sp³-hybridized carbons (Fsp3) is 0.233. The maximum atomic E-state index is 14.1. The lowest BCUT2D eigenvalue weighted by Gasteiger charge is -2.29. The van der Waals surface area contributed by atoms with Gasteiger partial charge in [-0.25, -0.2) is 0 Å². The van der Waals surface area contributed by atoms with Gasteiger partial charge in [0.1, 0.15) is 11.3 Å². The number of para-hydroxylation sites is 2. The van der Waals surface area contributed by atoms with Crippen LogP contribution in [0.1, 0.15) is 16.7 Å². The number of nitrogens with zero attached hydrogens (tertiary/aromatic N) is 1. The number of benzene rings is 3. The zero-order valence-electron chi connectivity index (χ0n) is 20.7. The van der Waals surface area contributed by atoms with Crippen LogP contribution in [0.5, 0.6) is 5.75 Å². The van der Waals surface area contributed by atoms with Crippen LogP contribution in [0.2, 0.25) is 0 Å². The smallest absolute Gasteiger partial charge is 0.250 e. The summed E-state index contributed by atoms with van der Waals surface area (Å²) in [5.74, 6) is -1.68. The summed E-state index contributed by atoms with van der Waals surface area (Å²) in [5, 5.41) is 7.55. The van der Waals surface area contributed by atoms with Crippen molar-refractivity contribution in [2.24, 2.45) is 11.8 Å².